The van der Waals surface area contributed by atoms with Crippen molar-refractivity contribution < 1.29 is 14.7 Å². The van der Waals surface area contributed by atoms with E-state index in [1.54, 1.807) is 6.07 Å². The molecular formula is C12H15N3O3. The Balaban J connectivity index is 1.96. The molecule has 18 heavy (non-hydrogen) atoms. The first-order valence-corrected chi connectivity index (χ1v) is 5.88. The number of aromatic carboxylic acids is 1. The number of aromatic nitrogens is 1. The maximum absolute atomic E-state index is 11.9. The van der Waals surface area contributed by atoms with Gasteiger partial charge in [0, 0.05) is 6.54 Å². The van der Waals surface area contributed by atoms with Crippen LogP contribution in [-0.4, -0.2) is 35.1 Å². The van der Waals surface area contributed by atoms with Crippen LogP contribution in [0.4, 0.5) is 5.69 Å². The average molecular weight is 249 g/mol. The van der Waals surface area contributed by atoms with Crippen molar-refractivity contribution >= 4 is 17.6 Å². The second-order valence-electron chi connectivity index (χ2n) is 4.27. The van der Waals surface area contributed by atoms with Crippen LogP contribution < -0.4 is 10.6 Å². The molecule has 1 aliphatic heterocycles. The van der Waals surface area contributed by atoms with E-state index in [1.165, 1.54) is 12.3 Å². The molecule has 3 N–H and O–H groups in total. The van der Waals surface area contributed by atoms with Crippen molar-refractivity contribution in [1.82, 2.24) is 10.3 Å². The SMILES string of the molecule is O=C(O)c1ccc(NC(=O)[C@H]2CCCNC2)cn1. The Hall–Kier alpha value is -1.95. The highest BCUT2D eigenvalue weighted by atomic mass is 16.4. The van der Waals surface area contributed by atoms with Crippen molar-refractivity contribution in [1.29, 1.82) is 0 Å². The van der Waals surface area contributed by atoms with Gasteiger partial charge in [-0.05, 0) is 31.5 Å². The van der Waals surface area contributed by atoms with Crippen molar-refractivity contribution in [2.45, 2.75) is 12.8 Å². The number of pyridine rings is 1. The zero-order chi connectivity index (χ0) is 13.0. The molecule has 1 aromatic rings. The molecule has 1 atom stereocenters. The van der Waals surface area contributed by atoms with Gasteiger partial charge in [0.2, 0.25) is 5.91 Å². The minimum Gasteiger partial charge on any atom is -0.477 e. The van der Waals surface area contributed by atoms with Crippen LogP contribution in [0.2, 0.25) is 0 Å². The molecule has 0 radical (unpaired) electrons. The third-order valence-electron chi connectivity index (χ3n) is 2.92. The Kier molecular flexibility index (Phi) is 3.88. The highest BCUT2D eigenvalue weighted by Crippen LogP contribution is 2.13. The molecule has 0 saturated carbocycles. The molecule has 96 valence electrons. The largest absolute Gasteiger partial charge is 0.477 e. The summed E-state index contributed by atoms with van der Waals surface area (Å²) in [6, 6.07) is 2.92. The summed E-state index contributed by atoms with van der Waals surface area (Å²) in [5, 5.41) is 14.6. The molecule has 1 aromatic heterocycles. The first kappa shape index (κ1) is 12.5. The minimum absolute atomic E-state index is 0.0297. The molecule has 0 bridgehead atoms. The highest BCUT2D eigenvalue weighted by molar-refractivity contribution is 5.93. The topological polar surface area (TPSA) is 91.3 Å². The van der Waals surface area contributed by atoms with E-state index in [2.05, 4.69) is 15.6 Å². The summed E-state index contributed by atoms with van der Waals surface area (Å²) in [5.74, 6) is -1.16. The van der Waals surface area contributed by atoms with Crippen LogP contribution >= 0.6 is 0 Å². The summed E-state index contributed by atoms with van der Waals surface area (Å²) in [5.41, 5.74) is 0.489. The van der Waals surface area contributed by atoms with Gasteiger partial charge < -0.3 is 15.7 Å². The standard InChI is InChI=1S/C12H15N3O3/c16-11(8-2-1-5-13-6-8)15-9-3-4-10(12(17)18)14-7-9/h3-4,7-8,13H,1-2,5-6H2,(H,15,16)(H,17,18)/t8-/m0/s1. The summed E-state index contributed by atoms with van der Waals surface area (Å²) in [6.07, 6.45) is 3.23. The Morgan fingerprint density at radius 1 is 1.44 bits per heavy atom. The Morgan fingerprint density at radius 2 is 2.28 bits per heavy atom. The number of rotatable bonds is 3. The van der Waals surface area contributed by atoms with Crippen molar-refractivity contribution in [3.05, 3.63) is 24.0 Å². The molecular weight excluding hydrogens is 234 g/mol. The number of carboxylic acid groups (broad SMARTS) is 1. The van der Waals surface area contributed by atoms with E-state index in [1.807, 2.05) is 0 Å². The average Bonchev–Trinajstić information content (AvgIpc) is 2.40. The summed E-state index contributed by atoms with van der Waals surface area (Å²) < 4.78 is 0. The van der Waals surface area contributed by atoms with Gasteiger partial charge in [-0.2, -0.15) is 0 Å². The number of amides is 1. The van der Waals surface area contributed by atoms with Crippen LogP contribution in [0.25, 0.3) is 0 Å². The summed E-state index contributed by atoms with van der Waals surface area (Å²) in [4.78, 5) is 26.3. The summed E-state index contributed by atoms with van der Waals surface area (Å²) >= 11 is 0. The summed E-state index contributed by atoms with van der Waals surface area (Å²) in [7, 11) is 0. The molecule has 0 unspecified atom stereocenters. The normalized spacial score (nSPS) is 19.2. The Morgan fingerprint density at radius 3 is 2.83 bits per heavy atom. The van der Waals surface area contributed by atoms with Gasteiger partial charge in [0.1, 0.15) is 5.69 Å². The lowest BCUT2D eigenvalue weighted by Crippen LogP contribution is -2.37. The lowest BCUT2D eigenvalue weighted by Gasteiger charge is -2.21. The van der Waals surface area contributed by atoms with Gasteiger partial charge in [0.15, 0.2) is 0 Å². The number of hydrogen-bond acceptors (Lipinski definition) is 4. The smallest absolute Gasteiger partial charge is 0.354 e. The van der Waals surface area contributed by atoms with Crippen molar-refractivity contribution in [2.75, 3.05) is 18.4 Å². The lowest BCUT2D eigenvalue weighted by molar-refractivity contribution is -0.120. The molecule has 1 amide bonds. The number of carbonyl (C=O) groups excluding carboxylic acids is 1. The Labute approximate surface area is 104 Å². The molecule has 1 fully saturated rings. The van der Waals surface area contributed by atoms with Crippen LogP contribution in [-0.2, 0) is 4.79 Å². The number of hydrogen-bond donors (Lipinski definition) is 3. The quantitative estimate of drug-likeness (QED) is 0.734. The number of carbonyl (C=O) groups is 2. The van der Waals surface area contributed by atoms with E-state index in [0.717, 1.165) is 19.4 Å². The fourth-order valence-electron chi connectivity index (χ4n) is 1.91. The van der Waals surface area contributed by atoms with Gasteiger partial charge in [-0.1, -0.05) is 0 Å². The van der Waals surface area contributed by atoms with E-state index in [9.17, 15) is 9.59 Å². The predicted octanol–water partition coefficient (Wildman–Crippen LogP) is 0.718. The summed E-state index contributed by atoms with van der Waals surface area (Å²) in [6.45, 7) is 1.64. The maximum Gasteiger partial charge on any atom is 0.354 e. The van der Waals surface area contributed by atoms with Gasteiger partial charge in [-0.3, -0.25) is 4.79 Å². The number of anilines is 1. The molecule has 1 aliphatic rings. The number of nitrogens with one attached hydrogen (secondary N) is 2. The second kappa shape index (κ2) is 5.59. The van der Waals surface area contributed by atoms with Gasteiger partial charge in [-0.15, -0.1) is 0 Å². The van der Waals surface area contributed by atoms with Crippen molar-refractivity contribution in [3.8, 4) is 0 Å². The van der Waals surface area contributed by atoms with Crippen molar-refractivity contribution in [3.63, 3.8) is 0 Å². The number of piperidine rings is 1. The maximum atomic E-state index is 11.9. The van der Waals surface area contributed by atoms with Gasteiger partial charge in [0.25, 0.3) is 0 Å². The third kappa shape index (κ3) is 3.04. The van der Waals surface area contributed by atoms with Gasteiger partial charge in [0.05, 0.1) is 17.8 Å². The minimum atomic E-state index is -1.08. The van der Waals surface area contributed by atoms with Crippen molar-refractivity contribution in [2.24, 2.45) is 5.92 Å². The molecule has 0 aromatic carbocycles. The molecule has 2 rings (SSSR count). The molecule has 6 heteroatoms. The van der Waals surface area contributed by atoms with Crippen LogP contribution in [0, 0.1) is 5.92 Å². The van der Waals surface area contributed by atoms with Crippen LogP contribution in [0.3, 0.4) is 0 Å². The van der Waals surface area contributed by atoms with Crippen LogP contribution in [0.15, 0.2) is 18.3 Å². The fraction of sp³-hybridized carbons (Fsp3) is 0.417. The molecule has 6 nitrogen and oxygen atoms in total. The fourth-order valence-corrected chi connectivity index (χ4v) is 1.91. The van der Waals surface area contributed by atoms with E-state index in [4.69, 9.17) is 5.11 Å². The number of carboxylic acids is 1. The van der Waals surface area contributed by atoms with Gasteiger partial charge >= 0.3 is 5.97 Å². The van der Waals surface area contributed by atoms with E-state index in [0.29, 0.717) is 12.2 Å². The first-order valence-electron chi connectivity index (χ1n) is 5.88. The molecule has 0 spiro atoms. The number of nitrogens with zero attached hydrogens (tertiary/aromatic N) is 1. The van der Waals surface area contributed by atoms with E-state index in [-0.39, 0.29) is 17.5 Å². The highest BCUT2D eigenvalue weighted by Gasteiger charge is 2.20. The molecule has 1 saturated heterocycles. The van der Waals surface area contributed by atoms with Crippen LogP contribution in [0.5, 0.6) is 0 Å². The molecule has 2 heterocycles. The van der Waals surface area contributed by atoms with E-state index >= 15 is 0 Å². The predicted molar refractivity (Wildman–Crippen MR) is 65.4 cm³/mol. The lowest BCUT2D eigenvalue weighted by atomic mass is 9.99. The van der Waals surface area contributed by atoms with Crippen LogP contribution in [0.1, 0.15) is 23.3 Å². The zero-order valence-corrected chi connectivity index (χ0v) is 9.85. The van der Waals surface area contributed by atoms with Gasteiger partial charge in [-0.25, -0.2) is 9.78 Å². The third-order valence-corrected chi connectivity index (χ3v) is 2.92. The zero-order valence-electron chi connectivity index (χ0n) is 9.85. The second-order valence-corrected chi connectivity index (χ2v) is 4.27. The monoisotopic (exact) mass is 249 g/mol. The molecule has 0 aliphatic carbocycles. The van der Waals surface area contributed by atoms with E-state index < -0.39 is 5.97 Å². The first-order chi connectivity index (χ1) is 8.66. The Bertz CT molecular complexity index is 438.